The smallest absolute Gasteiger partial charge is 0.222 e. The summed E-state index contributed by atoms with van der Waals surface area (Å²) >= 11 is 0. The van der Waals surface area contributed by atoms with E-state index in [1.807, 2.05) is 0 Å². The maximum Gasteiger partial charge on any atom is 0.222 e. The van der Waals surface area contributed by atoms with E-state index < -0.39 is 6.10 Å². The van der Waals surface area contributed by atoms with Crippen molar-refractivity contribution < 1.29 is 9.90 Å². The number of aliphatic hydroxyl groups is 1. The van der Waals surface area contributed by atoms with Gasteiger partial charge in [-0.05, 0) is 24.0 Å². The van der Waals surface area contributed by atoms with Crippen LogP contribution < -0.4 is 0 Å². The van der Waals surface area contributed by atoms with E-state index in [0.717, 1.165) is 32.5 Å². The molecule has 1 N–H and O–H groups in total. The molecule has 108 valence electrons. The van der Waals surface area contributed by atoms with Gasteiger partial charge in [-0.1, -0.05) is 24.3 Å². The largest absolute Gasteiger partial charge is 0.390 e. The molecule has 0 spiro atoms. The van der Waals surface area contributed by atoms with E-state index in [1.165, 1.54) is 11.1 Å². The number of benzene rings is 1. The highest BCUT2D eigenvalue weighted by Crippen LogP contribution is 2.19. The fraction of sp³-hybridized carbons (Fsp3) is 0.562. The number of amides is 1. The number of hydrogen-bond acceptors (Lipinski definition) is 3. The molecule has 2 aliphatic rings. The Morgan fingerprint density at radius 1 is 1.10 bits per heavy atom. The molecule has 2 heterocycles. The highest BCUT2D eigenvalue weighted by Gasteiger charge is 2.24. The van der Waals surface area contributed by atoms with E-state index in [1.54, 1.807) is 4.90 Å². The molecule has 3 rings (SSSR count). The topological polar surface area (TPSA) is 43.8 Å². The third kappa shape index (κ3) is 3.02. The zero-order valence-electron chi connectivity index (χ0n) is 11.8. The zero-order valence-corrected chi connectivity index (χ0v) is 11.8. The van der Waals surface area contributed by atoms with E-state index >= 15 is 0 Å². The molecule has 20 heavy (non-hydrogen) atoms. The van der Waals surface area contributed by atoms with Gasteiger partial charge in [0.05, 0.1) is 6.10 Å². The third-order valence-electron chi connectivity index (χ3n) is 4.28. The molecule has 0 radical (unpaired) electrons. The molecule has 2 aliphatic heterocycles. The second kappa shape index (κ2) is 5.94. The molecule has 0 saturated carbocycles. The van der Waals surface area contributed by atoms with Gasteiger partial charge < -0.3 is 10.0 Å². The van der Waals surface area contributed by atoms with Gasteiger partial charge in [-0.15, -0.1) is 0 Å². The van der Waals surface area contributed by atoms with Crippen molar-refractivity contribution in [1.29, 1.82) is 0 Å². The van der Waals surface area contributed by atoms with Crippen LogP contribution in [0.2, 0.25) is 0 Å². The summed E-state index contributed by atoms with van der Waals surface area (Å²) in [6.07, 6.45) is 2.18. The van der Waals surface area contributed by atoms with Crippen molar-refractivity contribution in [2.75, 3.05) is 26.2 Å². The Bertz CT molecular complexity index is 489. The van der Waals surface area contributed by atoms with Crippen molar-refractivity contribution in [3.8, 4) is 0 Å². The minimum atomic E-state index is -0.442. The van der Waals surface area contributed by atoms with Crippen molar-refractivity contribution in [2.45, 2.75) is 31.9 Å². The number of nitrogens with zero attached hydrogens (tertiary/aromatic N) is 2. The highest BCUT2D eigenvalue weighted by atomic mass is 16.3. The van der Waals surface area contributed by atoms with Gasteiger partial charge in [-0.2, -0.15) is 0 Å². The summed E-state index contributed by atoms with van der Waals surface area (Å²) in [5.74, 6) is 0.188. The zero-order chi connectivity index (χ0) is 13.9. The maximum absolute atomic E-state index is 11.6. The molecular weight excluding hydrogens is 252 g/mol. The average Bonchev–Trinajstić information content (AvgIpc) is 2.84. The summed E-state index contributed by atoms with van der Waals surface area (Å²) in [4.78, 5) is 15.6. The first kappa shape index (κ1) is 13.6. The third-order valence-corrected chi connectivity index (χ3v) is 4.28. The van der Waals surface area contributed by atoms with Gasteiger partial charge in [0.1, 0.15) is 0 Å². The molecular formula is C16H22N2O2. The molecule has 4 nitrogen and oxygen atoms in total. The average molecular weight is 274 g/mol. The summed E-state index contributed by atoms with van der Waals surface area (Å²) in [5, 5.41) is 10.2. The minimum absolute atomic E-state index is 0.188. The lowest BCUT2D eigenvalue weighted by atomic mass is 10.00. The molecule has 1 unspecified atom stereocenters. The van der Waals surface area contributed by atoms with Crippen LogP contribution in [0.15, 0.2) is 24.3 Å². The Morgan fingerprint density at radius 2 is 1.90 bits per heavy atom. The van der Waals surface area contributed by atoms with E-state index in [9.17, 15) is 9.90 Å². The number of β-amino-alcohol motifs (C(OH)–C–C–N with tert-alkyl or cyclic N) is 1. The van der Waals surface area contributed by atoms with Crippen LogP contribution in [0.5, 0.6) is 0 Å². The number of fused-ring (bicyclic) bond motifs is 1. The van der Waals surface area contributed by atoms with Crippen LogP contribution in [-0.2, 0) is 17.8 Å². The molecule has 1 saturated heterocycles. The lowest BCUT2D eigenvalue weighted by Gasteiger charge is -2.31. The molecule has 0 aromatic heterocycles. The van der Waals surface area contributed by atoms with E-state index in [2.05, 4.69) is 29.2 Å². The number of likely N-dealkylation sites (tertiary alicyclic amines) is 1. The van der Waals surface area contributed by atoms with Gasteiger partial charge in [0, 0.05) is 39.1 Å². The predicted molar refractivity (Wildman–Crippen MR) is 77.2 cm³/mol. The Morgan fingerprint density at radius 3 is 2.65 bits per heavy atom. The number of aliphatic hydroxyl groups excluding tert-OH is 1. The molecule has 0 bridgehead atoms. The van der Waals surface area contributed by atoms with Gasteiger partial charge in [0.2, 0.25) is 5.91 Å². The maximum atomic E-state index is 11.6. The number of carbonyl (C=O) groups excluding carboxylic acids is 1. The Labute approximate surface area is 120 Å². The van der Waals surface area contributed by atoms with Crippen LogP contribution in [-0.4, -0.2) is 53.1 Å². The van der Waals surface area contributed by atoms with Gasteiger partial charge in [0.25, 0.3) is 0 Å². The van der Waals surface area contributed by atoms with Gasteiger partial charge >= 0.3 is 0 Å². The second-order valence-electron chi connectivity index (χ2n) is 5.85. The molecule has 1 fully saturated rings. The molecule has 1 aromatic rings. The van der Waals surface area contributed by atoms with Gasteiger partial charge in [-0.3, -0.25) is 9.69 Å². The van der Waals surface area contributed by atoms with Crippen LogP contribution in [0.4, 0.5) is 0 Å². The van der Waals surface area contributed by atoms with Crippen molar-refractivity contribution in [2.24, 2.45) is 0 Å². The molecule has 4 heteroatoms. The summed E-state index contributed by atoms with van der Waals surface area (Å²) in [6.45, 7) is 3.83. The summed E-state index contributed by atoms with van der Waals surface area (Å²) in [5.41, 5.74) is 2.79. The molecule has 0 aliphatic carbocycles. The van der Waals surface area contributed by atoms with Crippen molar-refractivity contribution in [1.82, 2.24) is 9.80 Å². The van der Waals surface area contributed by atoms with Crippen LogP contribution in [0.25, 0.3) is 0 Å². The lowest BCUT2D eigenvalue weighted by Crippen LogP contribution is -2.42. The standard InChI is InChI=1S/C16H22N2O2/c19-15(12-18-8-3-6-16(18)20)11-17-9-7-13-4-1-2-5-14(13)10-17/h1-2,4-5,15,19H,3,6-12H2. The summed E-state index contributed by atoms with van der Waals surface area (Å²) in [6, 6.07) is 8.51. The Hall–Kier alpha value is -1.39. The Balaban J connectivity index is 1.52. The second-order valence-corrected chi connectivity index (χ2v) is 5.85. The van der Waals surface area contributed by atoms with Crippen LogP contribution in [0.3, 0.4) is 0 Å². The van der Waals surface area contributed by atoms with Gasteiger partial charge in [0.15, 0.2) is 0 Å². The first-order chi connectivity index (χ1) is 9.72. The number of carbonyl (C=O) groups is 1. The fourth-order valence-corrected chi connectivity index (χ4v) is 3.22. The van der Waals surface area contributed by atoms with Gasteiger partial charge in [-0.25, -0.2) is 0 Å². The quantitative estimate of drug-likeness (QED) is 0.892. The van der Waals surface area contributed by atoms with Crippen LogP contribution in [0, 0.1) is 0 Å². The van der Waals surface area contributed by atoms with E-state index in [4.69, 9.17) is 0 Å². The first-order valence-corrected chi connectivity index (χ1v) is 7.47. The SMILES string of the molecule is O=C1CCCN1CC(O)CN1CCc2ccccc2C1. The molecule has 1 aromatic carbocycles. The fourth-order valence-electron chi connectivity index (χ4n) is 3.22. The molecule has 1 atom stereocenters. The number of rotatable bonds is 4. The minimum Gasteiger partial charge on any atom is -0.390 e. The predicted octanol–water partition coefficient (Wildman–Crippen LogP) is 1.03. The van der Waals surface area contributed by atoms with Crippen molar-refractivity contribution in [3.05, 3.63) is 35.4 Å². The van der Waals surface area contributed by atoms with E-state index in [-0.39, 0.29) is 5.91 Å². The first-order valence-electron chi connectivity index (χ1n) is 7.47. The highest BCUT2D eigenvalue weighted by molar-refractivity contribution is 5.78. The summed E-state index contributed by atoms with van der Waals surface area (Å²) < 4.78 is 0. The van der Waals surface area contributed by atoms with Crippen molar-refractivity contribution in [3.63, 3.8) is 0 Å². The normalized spacial score (nSPS) is 21.1. The number of hydrogen-bond donors (Lipinski definition) is 1. The Kier molecular flexibility index (Phi) is 4.03. The van der Waals surface area contributed by atoms with E-state index in [0.29, 0.717) is 19.5 Å². The lowest BCUT2D eigenvalue weighted by molar-refractivity contribution is -0.129. The summed E-state index contributed by atoms with van der Waals surface area (Å²) in [7, 11) is 0. The van der Waals surface area contributed by atoms with Crippen LogP contribution in [0.1, 0.15) is 24.0 Å². The monoisotopic (exact) mass is 274 g/mol. The molecule has 1 amide bonds. The van der Waals surface area contributed by atoms with Crippen molar-refractivity contribution >= 4 is 5.91 Å². The van der Waals surface area contributed by atoms with Crippen LogP contribution >= 0.6 is 0 Å².